The van der Waals surface area contributed by atoms with Crippen molar-refractivity contribution in [3.8, 4) is 0 Å². The maximum Gasteiger partial charge on any atom is 0.191 e. The van der Waals surface area contributed by atoms with Gasteiger partial charge in [0.05, 0.1) is 11.1 Å². The van der Waals surface area contributed by atoms with E-state index in [0.29, 0.717) is 17.2 Å². The van der Waals surface area contributed by atoms with Crippen LogP contribution in [0.25, 0.3) is 0 Å². The van der Waals surface area contributed by atoms with Crippen LogP contribution in [-0.2, 0) is 9.47 Å². The van der Waals surface area contributed by atoms with Crippen molar-refractivity contribution in [1.29, 1.82) is 0 Å². The second kappa shape index (κ2) is 11.4. The third kappa shape index (κ3) is 6.50. The van der Waals surface area contributed by atoms with E-state index in [1.807, 2.05) is 12.1 Å². The lowest BCUT2D eigenvalue weighted by molar-refractivity contribution is -0.0318. The van der Waals surface area contributed by atoms with E-state index in [1.165, 1.54) is 0 Å². The van der Waals surface area contributed by atoms with E-state index >= 15 is 0 Å². The van der Waals surface area contributed by atoms with Crippen LogP contribution in [0.3, 0.4) is 0 Å². The van der Waals surface area contributed by atoms with Crippen LogP contribution in [0.1, 0.15) is 32.6 Å². The zero-order valence-electron chi connectivity index (χ0n) is 16.7. The molecular formula is C20H32ClN5O2. The molecule has 0 saturated carbocycles. The molecule has 7 nitrogen and oxygen atoms in total. The number of rotatable bonds is 8. The third-order valence-electron chi connectivity index (χ3n) is 5.01. The van der Waals surface area contributed by atoms with Crippen LogP contribution in [0.5, 0.6) is 0 Å². The van der Waals surface area contributed by atoms with E-state index in [4.69, 9.17) is 26.1 Å². The highest BCUT2D eigenvalue weighted by Gasteiger charge is 2.25. The molecule has 1 aromatic rings. The molecule has 1 aromatic heterocycles. The molecule has 1 atom stereocenters. The molecule has 3 heterocycles. The normalized spacial score (nSPS) is 21.1. The highest BCUT2D eigenvalue weighted by atomic mass is 35.5. The Hall–Kier alpha value is -1.57. The predicted molar refractivity (Wildman–Crippen MR) is 113 cm³/mol. The minimum Gasteiger partial charge on any atom is -0.381 e. The van der Waals surface area contributed by atoms with Crippen LogP contribution in [-0.4, -0.2) is 69.1 Å². The fraction of sp³-hybridized carbons (Fsp3) is 0.700. The summed E-state index contributed by atoms with van der Waals surface area (Å²) in [7, 11) is 0. The first-order chi connectivity index (χ1) is 13.8. The Balaban J connectivity index is 1.41. The van der Waals surface area contributed by atoms with Gasteiger partial charge >= 0.3 is 0 Å². The van der Waals surface area contributed by atoms with Crippen LogP contribution in [0, 0.1) is 0 Å². The standard InChI is InChI=1S/C20H32ClN5O2/c1-2-22-20(24-10-4-12-28-17-7-13-27-14-8-17)25-16-6-11-26(15-16)19-18(21)5-3-9-23-19/h3,5,9,16-17H,2,4,6-8,10-15H2,1H3,(H2,22,24,25). The average Bonchev–Trinajstić information content (AvgIpc) is 3.17. The fourth-order valence-electron chi connectivity index (χ4n) is 3.54. The number of nitrogens with zero attached hydrogens (tertiary/aromatic N) is 3. The lowest BCUT2D eigenvalue weighted by Gasteiger charge is -2.22. The summed E-state index contributed by atoms with van der Waals surface area (Å²) in [5, 5.41) is 7.58. The molecule has 0 bridgehead atoms. The minimum absolute atomic E-state index is 0.328. The summed E-state index contributed by atoms with van der Waals surface area (Å²) in [5.74, 6) is 1.73. The highest BCUT2D eigenvalue weighted by Crippen LogP contribution is 2.25. The lowest BCUT2D eigenvalue weighted by atomic mass is 10.1. The quantitative estimate of drug-likeness (QED) is 0.390. The van der Waals surface area contributed by atoms with Gasteiger partial charge in [-0.3, -0.25) is 4.99 Å². The Morgan fingerprint density at radius 1 is 1.39 bits per heavy atom. The number of aromatic nitrogens is 1. The first-order valence-electron chi connectivity index (χ1n) is 10.4. The number of ether oxygens (including phenoxy) is 2. The molecule has 2 aliphatic heterocycles. The van der Waals surface area contributed by atoms with Crippen molar-refractivity contribution < 1.29 is 9.47 Å². The molecule has 0 spiro atoms. The molecule has 2 saturated heterocycles. The molecule has 1 unspecified atom stereocenters. The molecule has 8 heteroatoms. The van der Waals surface area contributed by atoms with Gasteiger partial charge in [-0.1, -0.05) is 11.6 Å². The van der Waals surface area contributed by atoms with Gasteiger partial charge in [-0.15, -0.1) is 0 Å². The monoisotopic (exact) mass is 409 g/mol. The van der Waals surface area contributed by atoms with Crippen molar-refractivity contribution in [3.05, 3.63) is 23.4 Å². The Bertz CT molecular complexity index is 624. The zero-order valence-corrected chi connectivity index (χ0v) is 17.5. The van der Waals surface area contributed by atoms with Gasteiger partial charge in [0.2, 0.25) is 0 Å². The Labute approximate surface area is 172 Å². The summed E-state index contributed by atoms with van der Waals surface area (Å²) in [6, 6.07) is 4.08. The molecule has 0 aromatic carbocycles. The Morgan fingerprint density at radius 3 is 3.04 bits per heavy atom. The average molecular weight is 410 g/mol. The van der Waals surface area contributed by atoms with E-state index in [9.17, 15) is 0 Å². The van der Waals surface area contributed by atoms with Crippen molar-refractivity contribution in [2.45, 2.75) is 44.8 Å². The van der Waals surface area contributed by atoms with Crippen molar-refractivity contribution in [1.82, 2.24) is 15.6 Å². The number of anilines is 1. The molecule has 2 aliphatic rings. The Morgan fingerprint density at radius 2 is 2.25 bits per heavy atom. The van der Waals surface area contributed by atoms with E-state index in [-0.39, 0.29) is 0 Å². The van der Waals surface area contributed by atoms with Gasteiger partial charge < -0.3 is 25.0 Å². The summed E-state index contributed by atoms with van der Waals surface area (Å²) in [6.45, 7) is 7.87. The van der Waals surface area contributed by atoms with Crippen LogP contribution in [0.15, 0.2) is 23.3 Å². The molecule has 3 rings (SSSR count). The van der Waals surface area contributed by atoms with Crippen molar-refractivity contribution >= 4 is 23.4 Å². The number of hydrogen-bond acceptors (Lipinski definition) is 5. The van der Waals surface area contributed by atoms with E-state index in [2.05, 4.69) is 27.4 Å². The number of pyridine rings is 1. The molecule has 0 aliphatic carbocycles. The third-order valence-corrected chi connectivity index (χ3v) is 5.30. The second-order valence-corrected chi connectivity index (χ2v) is 7.59. The number of guanidine groups is 1. The van der Waals surface area contributed by atoms with Gasteiger partial charge in [0, 0.05) is 58.2 Å². The minimum atomic E-state index is 0.328. The molecular weight excluding hydrogens is 378 g/mol. The first-order valence-corrected chi connectivity index (χ1v) is 10.7. The molecule has 156 valence electrons. The van der Waals surface area contributed by atoms with Crippen LogP contribution >= 0.6 is 11.6 Å². The summed E-state index contributed by atoms with van der Waals surface area (Å²) < 4.78 is 11.3. The highest BCUT2D eigenvalue weighted by molar-refractivity contribution is 6.32. The molecule has 0 amide bonds. The van der Waals surface area contributed by atoms with Crippen molar-refractivity contribution in [2.75, 3.05) is 50.9 Å². The number of aliphatic imine (C=N–C) groups is 1. The Kier molecular flexibility index (Phi) is 8.64. The summed E-state index contributed by atoms with van der Waals surface area (Å²) in [6.07, 6.45) is 6.11. The zero-order chi connectivity index (χ0) is 19.6. The number of halogens is 1. The van der Waals surface area contributed by atoms with Crippen molar-refractivity contribution in [3.63, 3.8) is 0 Å². The van der Waals surface area contributed by atoms with Gasteiger partial charge in [0.1, 0.15) is 5.82 Å². The molecule has 2 N–H and O–H groups in total. The topological polar surface area (TPSA) is 71.0 Å². The summed E-state index contributed by atoms with van der Waals surface area (Å²) in [4.78, 5) is 11.3. The van der Waals surface area contributed by atoms with E-state index in [1.54, 1.807) is 6.20 Å². The van der Waals surface area contributed by atoms with Gasteiger partial charge in [-0.05, 0) is 44.7 Å². The van der Waals surface area contributed by atoms with E-state index < -0.39 is 0 Å². The van der Waals surface area contributed by atoms with Crippen LogP contribution in [0.4, 0.5) is 5.82 Å². The maximum absolute atomic E-state index is 6.28. The second-order valence-electron chi connectivity index (χ2n) is 7.18. The maximum atomic E-state index is 6.28. The fourth-order valence-corrected chi connectivity index (χ4v) is 3.78. The van der Waals surface area contributed by atoms with Gasteiger partial charge in [-0.2, -0.15) is 0 Å². The smallest absolute Gasteiger partial charge is 0.191 e. The molecule has 28 heavy (non-hydrogen) atoms. The molecule has 2 fully saturated rings. The van der Waals surface area contributed by atoms with Gasteiger partial charge in [0.25, 0.3) is 0 Å². The largest absolute Gasteiger partial charge is 0.381 e. The van der Waals surface area contributed by atoms with Crippen LogP contribution in [0.2, 0.25) is 5.02 Å². The van der Waals surface area contributed by atoms with E-state index in [0.717, 1.165) is 83.5 Å². The van der Waals surface area contributed by atoms with Gasteiger partial charge in [-0.25, -0.2) is 4.98 Å². The number of nitrogens with one attached hydrogen (secondary N) is 2. The molecule has 0 radical (unpaired) electrons. The van der Waals surface area contributed by atoms with Crippen LogP contribution < -0.4 is 15.5 Å². The van der Waals surface area contributed by atoms with Gasteiger partial charge in [0.15, 0.2) is 5.96 Å². The van der Waals surface area contributed by atoms with Crippen molar-refractivity contribution in [2.24, 2.45) is 4.99 Å². The number of hydrogen-bond donors (Lipinski definition) is 2. The predicted octanol–water partition coefficient (Wildman–Crippen LogP) is 2.45. The lowest BCUT2D eigenvalue weighted by Crippen LogP contribution is -2.44. The summed E-state index contributed by atoms with van der Waals surface area (Å²) in [5.41, 5.74) is 0. The summed E-state index contributed by atoms with van der Waals surface area (Å²) >= 11 is 6.28. The first kappa shape index (κ1) is 21.1. The SMILES string of the molecule is CCNC(=NCCCOC1CCOCC1)NC1CCN(c2ncccc2Cl)C1.